The molecule has 2 aliphatic carbocycles. The van der Waals surface area contributed by atoms with Crippen molar-refractivity contribution in [3.8, 4) is 0 Å². The fourth-order valence-electron chi connectivity index (χ4n) is 3.90. The van der Waals surface area contributed by atoms with Crippen molar-refractivity contribution in [2.45, 2.75) is 58.9 Å². The molecule has 1 amide bonds. The number of hydrogen-bond acceptors (Lipinski definition) is 2. The minimum Gasteiger partial charge on any atom is -0.481 e. The van der Waals surface area contributed by atoms with Gasteiger partial charge in [-0.25, -0.2) is 0 Å². The summed E-state index contributed by atoms with van der Waals surface area (Å²) in [6.07, 6.45) is 5.73. The number of aliphatic carboxylic acids is 1. The lowest BCUT2D eigenvalue weighted by atomic mass is 9.84. The molecule has 2 saturated carbocycles. The van der Waals surface area contributed by atoms with E-state index in [-0.39, 0.29) is 11.8 Å². The molecule has 0 aromatic heterocycles. The monoisotopic (exact) mass is 281 g/mol. The molecule has 0 aromatic rings. The van der Waals surface area contributed by atoms with E-state index in [0.29, 0.717) is 6.04 Å². The van der Waals surface area contributed by atoms with Crippen LogP contribution in [0.15, 0.2) is 0 Å². The normalized spacial score (nSPS) is 35.4. The van der Waals surface area contributed by atoms with Gasteiger partial charge in [0.2, 0.25) is 5.91 Å². The van der Waals surface area contributed by atoms with Crippen LogP contribution in [0.3, 0.4) is 0 Å². The second-order valence-electron chi connectivity index (χ2n) is 7.15. The summed E-state index contributed by atoms with van der Waals surface area (Å²) in [5.41, 5.74) is -0.391. The van der Waals surface area contributed by atoms with E-state index < -0.39 is 17.3 Å². The molecule has 0 radical (unpaired) electrons. The van der Waals surface area contributed by atoms with Crippen LogP contribution in [0.4, 0.5) is 0 Å². The predicted molar refractivity (Wildman–Crippen MR) is 77.2 cm³/mol. The molecule has 20 heavy (non-hydrogen) atoms. The first-order valence-corrected chi connectivity index (χ1v) is 7.80. The van der Waals surface area contributed by atoms with Crippen LogP contribution in [0.1, 0.15) is 52.9 Å². The Morgan fingerprint density at radius 3 is 2.10 bits per heavy atom. The Morgan fingerprint density at radius 2 is 1.70 bits per heavy atom. The molecular weight excluding hydrogens is 254 g/mol. The number of nitrogens with zero attached hydrogens (tertiary/aromatic N) is 1. The lowest BCUT2D eigenvalue weighted by molar-refractivity contribution is -0.142. The lowest BCUT2D eigenvalue weighted by Gasteiger charge is -2.34. The smallest absolute Gasteiger partial charge is 0.307 e. The summed E-state index contributed by atoms with van der Waals surface area (Å²) in [5.74, 6) is -0.851. The van der Waals surface area contributed by atoms with Crippen molar-refractivity contribution in [2.24, 2.45) is 23.2 Å². The van der Waals surface area contributed by atoms with E-state index in [2.05, 4.69) is 6.92 Å². The zero-order chi connectivity index (χ0) is 15.1. The van der Waals surface area contributed by atoms with Gasteiger partial charge in [0.15, 0.2) is 0 Å². The molecule has 0 heterocycles. The first kappa shape index (κ1) is 15.3. The van der Waals surface area contributed by atoms with Gasteiger partial charge in [0.25, 0.3) is 0 Å². The number of hydrogen-bond donors (Lipinski definition) is 1. The molecule has 2 fully saturated rings. The highest BCUT2D eigenvalue weighted by molar-refractivity contribution is 5.91. The maximum atomic E-state index is 12.5. The van der Waals surface area contributed by atoms with E-state index in [0.717, 1.165) is 18.8 Å². The average molecular weight is 281 g/mol. The molecule has 0 spiro atoms. The van der Waals surface area contributed by atoms with Crippen molar-refractivity contribution in [3.63, 3.8) is 0 Å². The topological polar surface area (TPSA) is 57.6 Å². The van der Waals surface area contributed by atoms with Crippen molar-refractivity contribution in [2.75, 3.05) is 7.05 Å². The average Bonchev–Trinajstić information content (AvgIpc) is 3.00. The van der Waals surface area contributed by atoms with Crippen LogP contribution in [0.5, 0.6) is 0 Å². The van der Waals surface area contributed by atoms with Crippen LogP contribution in [-0.4, -0.2) is 35.0 Å². The van der Waals surface area contributed by atoms with E-state index in [9.17, 15) is 14.7 Å². The fraction of sp³-hybridized carbons (Fsp3) is 0.875. The zero-order valence-electron chi connectivity index (χ0n) is 13.1. The van der Waals surface area contributed by atoms with Crippen LogP contribution < -0.4 is 0 Å². The van der Waals surface area contributed by atoms with Gasteiger partial charge in [0.1, 0.15) is 0 Å². The summed E-state index contributed by atoms with van der Waals surface area (Å²) in [6.45, 7) is 6.00. The number of amides is 1. The van der Waals surface area contributed by atoms with E-state index in [1.807, 2.05) is 25.8 Å². The molecule has 0 saturated heterocycles. The number of carboxylic acid groups (broad SMARTS) is 1. The number of carbonyl (C=O) groups excluding carboxylic acids is 1. The van der Waals surface area contributed by atoms with E-state index in [4.69, 9.17) is 0 Å². The Balaban J connectivity index is 1.95. The number of carboxylic acids is 1. The number of rotatable bonds is 4. The third-order valence-corrected chi connectivity index (χ3v) is 5.65. The molecule has 4 nitrogen and oxygen atoms in total. The van der Waals surface area contributed by atoms with Gasteiger partial charge in [-0.05, 0) is 37.0 Å². The Morgan fingerprint density at radius 1 is 1.15 bits per heavy atom. The van der Waals surface area contributed by atoms with Gasteiger partial charge in [-0.15, -0.1) is 0 Å². The van der Waals surface area contributed by atoms with Crippen LogP contribution in [-0.2, 0) is 9.59 Å². The van der Waals surface area contributed by atoms with E-state index in [1.165, 1.54) is 19.3 Å². The van der Waals surface area contributed by atoms with Gasteiger partial charge in [0, 0.05) is 13.1 Å². The maximum Gasteiger partial charge on any atom is 0.307 e. The van der Waals surface area contributed by atoms with Crippen molar-refractivity contribution < 1.29 is 14.7 Å². The van der Waals surface area contributed by atoms with Crippen LogP contribution in [0, 0.1) is 23.2 Å². The van der Waals surface area contributed by atoms with Gasteiger partial charge < -0.3 is 10.0 Å². The van der Waals surface area contributed by atoms with E-state index in [1.54, 1.807) is 0 Å². The van der Waals surface area contributed by atoms with Crippen molar-refractivity contribution in [1.82, 2.24) is 4.90 Å². The Hall–Kier alpha value is -1.06. The summed E-state index contributed by atoms with van der Waals surface area (Å²) >= 11 is 0. The summed E-state index contributed by atoms with van der Waals surface area (Å²) in [5, 5.41) is 9.20. The van der Waals surface area contributed by atoms with Gasteiger partial charge in [-0.3, -0.25) is 9.59 Å². The molecule has 1 N–H and O–H groups in total. The van der Waals surface area contributed by atoms with Gasteiger partial charge in [-0.1, -0.05) is 27.2 Å². The highest BCUT2D eigenvalue weighted by atomic mass is 16.4. The summed E-state index contributed by atoms with van der Waals surface area (Å²) in [6, 6.07) is 0.302. The third-order valence-electron chi connectivity index (χ3n) is 5.65. The first-order valence-electron chi connectivity index (χ1n) is 7.80. The SMILES string of the molecule is CCC1CCC(N(C)C(=O)C2C(C(=O)O)C2(C)C)CC1. The standard InChI is InChI=1S/C16H27NO3/c1-5-10-6-8-11(9-7-10)17(4)14(18)12-13(15(19)20)16(12,2)3/h10-13H,5-9H2,1-4H3,(H,19,20). The molecule has 2 aliphatic rings. The molecule has 0 aliphatic heterocycles. The molecular formula is C16H27NO3. The minimum atomic E-state index is -0.837. The summed E-state index contributed by atoms with van der Waals surface area (Å²) in [7, 11) is 1.85. The van der Waals surface area contributed by atoms with Crippen molar-refractivity contribution in [1.29, 1.82) is 0 Å². The van der Waals surface area contributed by atoms with Crippen LogP contribution in [0.25, 0.3) is 0 Å². The summed E-state index contributed by atoms with van der Waals surface area (Å²) in [4.78, 5) is 25.6. The Bertz CT molecular complexity index is 397. The highest BCUT2D eigenvalue weighted by Gasteiger charge is 2.66. The van der Waals surface area contributed by atoms with Crippen molar-refractivity contribution in [3.05, 3.63) is 0 Å². The molecule has 114 valence electrons. The zero-order valence-corrected chi connectivity index (χ0v) is 13.1. The molecule has 2 atom stereocenters. The quantitative estimate of drug-likeness (QED) is 0.862. The Kier molecular flexibility index (Phi) is 4.12. The molecule has 0 bridgehead atoms. The molecule has 2 rings (SSSR count). The molecule has 2 unspecified atom stereocenters. The molecule has 4 heteroatoms. The minimum absolute atomic E-state index is 0.0300. The largest absolute Gasteiger partial charge is 0.481 e. The maximum absolute atomic E-state index is 12.5. The van der Waals surface area contributed by atoms with Crippen LogP contribution in [0.2, 0.25) is 0 Å². The van der Waals surface area contributed by atoms with E-state index >= 15 is 0 Å². The fourth-order valence-corrected chi connectivity index (χ4v) is 3.90. The van der Waals surface area contributed by atoms with Crippen molar-refractivity contribution >= 4 is 11.9 Å². The van der Waals surface area contributed by atoms with Gasteiger partial charge >= 0.3 is 5.97 Å². The van der Waals surface area contributed by atoms with Gasteiger partial charge in [0.05, 0.1) is 11.8 Å². The first-order chi connectivity index (χ1) is 9.30. The lowest BCUT2D eigenvalue weighted by Crippen LogP contribution is -2.41. The summed E-state index contributed by atoms with van der Waals surface area (Å²) < 4.78 is 0. The molecule has 0 aromatic carbocycles. The predicted octanol–water partition coefficient (Wildman–Crippen LogP) is 2.77. The number of carbonyl (C=O) groups is 2. The second-order valence-corrected chi connectivity index (χ2v) is 7.15. The second kappa shape index (κ2) is 5.38. The Labute approximate surface area is 121 Å². The highest BCUT2D eigenvalue weighted by Crippen LogP contribution is 2.59. The third kappa shape index (κ3) is 2.57. The van der Waals surface area contributed by atoms with Gasteiger partial charge in [-0.2, -0.15) is 0 Å². The van der Waals surface area contributed by atoms with Crippen LogP contribution >= 0.6 is 0 Å².